The van der Waals surface area contributed by atoms with Crippen LogP contribution in [0.25, 0.3) is 0 Å². The standard InChI is InChI=1S/C18H25FN2O3/c1-3-4-9-23-13(2)18(22)21-14-7-8-17(16(19)11-14)20-12-15-6-5-10-24-15/h3,7-8,11,13,15,20H,1,4-6,9-10,12H2,2H3,(H,21,22)/t13-,15+/m0/s1. The van der Waals surface area contributed by atoms with Crippen molar-refractivity contribution >= 4 is 17.3 Å². The SMILES string of the molecule is C=CCCO[C@@H](C)C(=O)Nc1ccc(NC[C@H]2CCCO2)c(F)c1. The van der Waals surface area contributed by atoms with Crippen molar-refractivity contribution in [2.24, 2.45) is 0 Å². The fraction of sp³-hybridized carbons (Fsp3) is 0.500. The topological polar surface area (TPSA) is 59.6 Å². The lowest BCUT2D eigenvalue weighted by Gasteiger charge is -2.15. The zero-order valence-electron chi connectivity index (χ0n) is 14.0. The first-order valence-electron chi connectivity index (χ1n) is 8.28. The van der Waals surface area contributed by atoms with Gasteiger partial charge in [0.05, 0.1) is 18.4 Å². The van der Waals surface area contributed by atoms with E-state index >= 15 is 0 Å². The number of nitrogens with one attached hydrogen (secondary N) is 2. The van der Waals surface area contributed by atoms with Gasteiger partial charge in [0, 0.05) is 18.8 Å². The van der Waals surface area contributed by atoms with E-state index in [1.807, 2.05) is 0 Å². The van der Waals surface area contributed by atoms with Crippen molar-refractivity contribution in [2.75, 3.05) is 30.4 Å². The van der Waals surface area contributed by atoms with Crippen molar-refractivity contribution in [3.05, 3.63) is 36.7 Å². The van der Waals surface area contributed by atoms with Crippen LogP contribution in [0.2, 0.25) is 0 Å². The van der Waals surface area contributed by atoms with Gasteiger partial charge in [0.25, 0.3) is 5.91 Å². The summed E-state index contributed by atoms with van der Waals surface area (Å²) < 4.78 is 25.0. The molecular weight excluding hydrogens is 311 g/mol. The maximum Gasteiger partial charge on any atom is 0.253 e. The van der Waals surface area contributed by atoms with Crippen LogP contribution in [0.5, 0.6) is 0 Å². The fourth-order valence-electron chi connectivity index (χ4n) is 2.41. The first-order chi connectivity index (χ1) is 11.6. The Morgan fingerprint density at radius 2 is 2.42 bits per heavy atom. The first-order valence-corrected chi connectivity index (χ1v) is 8.28. The maximum absolute atomic E-state index is 14.1. The highest BCUT2D eigenvalue weighted by Crippen LogP contribution is 2.20. The molecule has 1 aliphatic rings. The van der Waals surface area contributed by atoms with E-state index in [2.05, 4.69) is 17.2 Å². The van der Waals surface area contributed by atoms with Crippen LogP contribution in [-0.2, 0) is 14.3 Å². The molecule has 1 amide bonds. The highest BCUT2D eigenvalue weighted by Gasteiger charge is 2.16. The Hall–Kier alpha value is -1.92. The Labute approximate surface area is 142 Å². The second-order valence-corrected chi connectivity index (χ2v) is 5.79. The minimum atomic E-state index is -0.606. The van der Waals surface area contributed by atoms with E-state index in [-0.39, 0.29) is 12.0 Å². The second-order valence-electron chi connectivity index (χ2n) is 5.79. The molecule has 0 radical (unpaired) electrons. The Kier molecular flexibility index (Phi) is 7.21. The van der Waals surface area contributed by atoms with Gasteiger partial charge in [-0.05, 0) is 44.4 Å². The molecule has 6 heteroatoms. The van der Waals surface area contributed by atoms with Gasteiger partial charge >= 0.3 is 0 Å². The lowest BCUT2D eigenvalue weighted by Crippen LogP contribution is -2.28. The van der Waals surface area contributed by atoms with Crippen LogP contribution in [-0.4, -0.2) is 37.9 Å². The number of hydrogen-bond acceptors (Lipinski definition) is 4. The third-order valence-electron chi connectivity index (χ3n) is 3.84. The molecule has 2 N–H and O–H groups in total. The van der Waals surface area contributed by atoms with Gasteiger partial charge in [-0.3, -0.25) is 4.79 Å². The third kappa shape index (κ3) is 5.62. The quantitative estimate of drug-likeness (QED) is 0.536. The lowest BCUT2D eigenvalue weighted by atomic mass is 10.2. The van der Waals surface area contributed by atoms with Crippen molar-refractivity contribution in [1.29, 1.82) is 0 Å². The zero-order chi connectivity index (χ0) is 17.4. The molecule has 1 saturated heterocycles. The molecule has 0 saturated carbocycles. The highest BCUT2D eigenvalue weighted by atomic mass is 19.1. The van der Waals surface area contributed by atoms with E-state index in [9.17, 15) is 9.18 Å². The van der Waals surface area contributed by atoms with Gasteiger partial charge in [0.2, 0.25) is 0 Å². The summed E-state index contributed by atoms with van der Waals surface area (Å²) in [5, 5.41) is 5.70. The molecule has 0 aliphatic carbocycles. The number of rotatable bonds is 9. The minimum Gasteiger partial charge on any atom is -0.380 e. The number of amides is 1. The monoisotopic (exact) mass is 336 g/mol. The van der Waals surface area contributed by atoms with Crippen LogP contribution < -0.4 is 10.6 Å². The van der Waals surface area contributed by atoms with Crippen molar-refractivity contribution in [3.8, 4) is 0 Å². The predicted molar refractivity (Wildman–Crippen MR) is 92.7 cm³/mol. The van der Waals surface area contributed by atoms with Crippen LogP contribution >= 0.6 is 0 Å². The van der Waals surface area contributed by atoms with Crippen LogP contribution in [0.3, 0.4) is 0 Å². The van der Waals surface area contributed by atoms with Crippen molar-refractivity contribution in [1.82, 2.24) is 0 Å². The first kappa shape index (κ1) is 18.4. The molecule has 1 fully saturated rings. The third-order valence-corrected chi connectivity index (χ3v) is 3.84. The van der Waals surface area contributed by atoms with Crippen molar-refractivity contribution < 1.29 is 18.7 Å². The summed E-state index contributed by atoms with van der Waals surface area (Å²) in [4.78, 5) is 12.0. The molecule has 2 rings (SSSR count). The number of halogens is 1. The molecule has 1 aromatic rings. The summed E-state index contributed by atoms with van der Waals surface area (Å²) in [6.45, 7) is 7.03. The molecule has 0 aromatic heterocycles. The van der Waals surface area contributed by atoms with Crippen LogP contribution in [0.4, 0.5) is 15.8 Å². The number of anilines is 2. The highest BCUT2D eigenvalue weighted by molar-refractivity contribution is 5.94. The summed E-state index contributed by atoms with van der Waals surface area (Å²) in [5.74, 6) is -0.718. The van der Waals surface area contributed by atoms with Crippen LogP contribution in [0.1, 0.15) is 26.2 Å². The van der Waals surface area contributed by atoms with Crippen LogP contribution in [0, 0.1) is 5.82 Å². The fourth-order valence-corrected chi connectivity index (χ4v) is 2.41. The van der Waals surface area contributed by atoms with E-state index < -0.39 is 11.9 Å². The van der Waals surface area contributed by atoms with Gasteiger partial charge in [0.1, 0.15) is 11.9 Å². The normalized spacial score (nSPS) is 18.2. The number of carbonyl (C=O) groups is 1. The van der Waals surface area contributed by atoms with Gasteiger partial charge in [-0.2, -0.15) is 0 Å². The van der Waals surface area contributed by atoms with E-state index in [4.69, 9.17) is 9.47 Å². The summed E-state index contributed by atoms with van der Waals surface area (Å²) in [6, 6.07) is 4.57. The Morgan fingerprint density at radius 3 is 3.08 bits per heavy atom. The van der Waals surface area contributed by atoms with Gasteiger partial charge in [-0.1, -0.05) is 6.08 Å². The molecule has 1 aliphatic heterocycles. The van der Waals surface area contributed by atoms with Crippen LogP contribution in [0.15, 0.2) is 30.9 Å². The van der Waals surface area contributed by atoms with Crippen molar-refractivity contribution in [2.45, 2.75) is 38.4 Å². The summed E-state index contributed by atoms with van der Waals surface area (Å²) in [6.07, 6.45) is 3.97. The van der Waals surface area contributed by atoms with Crippen molar-refractivity contribution in [3.63, 3.8) is 0 Å². The largest absolute Gasteiger partial charge is 0.380 e. The molecular formula is C18H25FN2O3. The Bertz CT molecular complexity index is 559. The molecule has 0 unspecified atom stereocenters. The molecule has 1 heterocycles. The molecule has 24 heavy (non-hydrogen) atoms. The summed E-state index contributed by atoms with van der Waals surface area (Å²) in [7, 11) is 0. The van der Waals surface area contributed by atoms with E-state index in [1.54, 1.807) is 25.1 Å². The van der Waals surface area contributed by atoms with E-state index in [0.29, 0.717) is 30.9 Å². The van der Waals surface area contributed by atoms with Gasteiger partial charge < -0.3 is 20.1 Å². The molecule has 0 spiro atoms. The number of hydrogen-bond donors (Lipinski definition) is 2. The van der Waals surface area contributed by atoms with Gasteiger partial charge in [0.15, 0.2) is 0 Å². The smallest absolute Gasteiger partial charge is 0.253 e. The number of ether oxygens (including phenoxy) is 2. The number of carbonyl (C=O) groups excluding carboxylic acids is 1. The summed E-state index contributed by atoms with van der Waals surface area (Å²) >= 11 is 0. The van der Waals surface area contributed by atoms with E-state index in [0.717, 1.165) is 19.4 Å². The predicted octanol–water partition coefficient (Wildman–Crippen LogP) is 3.34. The lowest BCUT2D eigenvalue weighted by molar-refractivity contribution is -0.126. The Balaban J connectivity index is 1.84. The molecule has 0 bridgehead atoms. The molecule has 2 atom stereocenters. The molecule has 1 aromatic carbocycles. The molecule has 132 valence electrons. The van der Waals surface area contributed by atoms with Gasteiger partial charge in [-0.25, -0.2) is 4.39 Å². The second kappa shape index (κ2) is 9.39. The summed E-state index contributed by atoms with van der Waals surface area (Å²) in [5.41, 5.74) is 0.804. The minimum absolute atomic E-state index is 0.136. The Morgan fingerprint density at radius 1 is 1.58 bits per heavy atom. The molecule has 5 nitrogen and oxygen atoms in total. The average molecular weight is 336 g/mol. The zero-order valence-corrected chi connectivity index (χ0v) is 14.0. The number of benzene rings is 1. The van der Waals surface area contributed by atoms with Gasteiger partial charge in [-0.15, -0.1) is 6.58 Å². The van der Waals surface area contributed by atoms with E-state index in [1.165, 1.54) is 6.07 Å². The maximum atomic E-state index is 14.1. The average Bonchev–Trinajstić information content (AvgIpc) is 3.07.